The molecule has 0 amide bonds. The van der Waals surface area contributed by atoms with Crippen LogP contribution in [0.1, 0.15) is 29.9 Å². The second-order valence-corrected chi connectivity index (χ2v) is 4.69. The first-order chi connectivity index (χ1) is 9.13. The van der Waals surface area contributed by atoms with Crippen molar-refractivity contribution < 1.29 is 8.81 Å². The van der Waals surface area contributed by atoms with E-state index in [9.17, 15) is 4.39 Å². The number of hydrogen-bond acceptors (Lipinski definition) is 3. The van der Waals surface area contributed by atoms with Gasteiger partial charge in [0.25, 0.3) is 0 Å². The van der Waals surface area contributed by atoms with Crippen LogP contribution in [0.15, 0.2) is 41.0 Å². The number of rotatable bonds is 5. The number of hydrogen-bond donors (Lipinski definition) is 1. The summed E-state index contributed by atoms with van der Waals surface area (Å²) in [4.78, 5) is 2.07. The summed E-state index contributed by atoms with van der Waals surface area (Å²) in [6.45, 7) is 3.05. The van der Waals surface area contributed by atoms with Crippen molar-refractivity contribution in [2.24, 2.45) is 5.73 Å². The molecule has 3 nitrogen and oxygen atoms in total. The zero-order valence-electron chi connectivity index (χ0n) is 11.3. The highest BCUT2D eigenvalue weighted by Gasteiger charge is 2.17. The molecule has 0 saturated heterocycles. The molecule has 19 heavy (non-hydrogen) atoms. The Morgan fingerprint density at radius 1 is 1.32 bits per heavy atom. The third kappa shape index (κ3) is 3.03. The van der Waals surface area contributed by atoms with Crippen molar-refractivity contribution >= 4 is 0 Å². The summed E-state index contributed by atoms with van der Waals surface area (Å²) >= 11 is 0. The van der Waals surface area contributed by atoms with E-state index >= 15 is 0 Å². The summed E-state index contributed by atoms with van der Waals surface area (Å²) < 4.78 is 19.1. The third-order valence-corrected chi connectivity index (χ3v) is 3.46. The predicted molar refractivity (Wildman–Crippen MR) is 72.9 cm³/mol. The van der Waals surface area contributed by atoms with Gasteiger partial charge < -0.3 is 10.2 Å². The largest absolute Gasteiger partial charge is 0.468 e. The summed E-state index contributed by atoms with van der Waals surface area (Å²) in [7, 11) is 1.96. The number of nitrogens with zero attached hydrogens (tertiary/aromatic N) is 1. The topological polar surface area (TPSA) is 42.4 Å². The minimum atomic E-state index is -0.173. The van der Waals surface area contributed by atoms with Crippen LogP contribution in [0, 0.1) is 5.82 Å². The van der Waals surface area contributed by atoms with Crippen molar-refractivity contribution in [3.63, 3.8) is 0 Å². The van der Waals surface area contributed by atoms with Gasteiger partial charge in [-0.15, -0.1) is 0 Å². The normalized spacial score (nSPS) is 12.9. The summed E-state index contributed by atoms with van der Waals surface area (Å²) in [5.41, 5.74) is 7.36. The van der Waals surface area contributed by atoms with Gasteiger partial charge in [0, 0.05) is 23.7 Å². The molecule has 1 atom stereocenters. The molecule has 4 heteroatoms. The zero-order chi connectivity index (χ0) is 13.8. The van der Waals surface area contributed by atoms with E-state index in [1.807, 2.05) is 32.2 Å². The molecule has 1 heterocycles. The first kappa shape index (κ1) is 13.8. The van der Waals surface area contributed by atoms with Crippen molar-refractivity contribution in [3.05, 3.63) is 59.3 Å². The van der Waals surface area contributed by atoms with Crippen LogP contribution in [-0.4, -0.2) is 11.9 Å². The monoisotopic (exact) mass is 262 g/mol. The van der Waals surface area contributed by atoms with Crippen LogP contribution in [0.3, 0.4) is 0 Å². The fourth-order valence-electron chi connectivity index (χ4n) is 2.14. The van der Waals surface area contributed by atoms with Crippen LogP contribution in [-0.2, 0) is 13.1 Å². The van der Waals surface area contributed by atoms with E-state index < -0.39 is 0 Å². The van der Waals surface area contributed by atoms with Gasteiger partial charge in [0.1, 0.15) is 11.6 Å². The highest BCUT2D eigenvalue weighted by Crippen LogP contribution is 2.24. The van der Waals surface area contributed by atoms with E-state index in [2.05, 4.69) is 4.90 Å². The maximum atomic E-state index is 13.8. The molecular weight excluding hydrogens is 243 g/mol. The summed E-state index contributed by atoms with van der Waals surface area (Å²) in [6, 6.07) is 8.76. The van der Waals surface area contributed by atoms with Crippen molar-refractivity contribution in [2.45, 2.75) is 26.1 Å². The van der Waals surface area contributed by atoms with Crippen LogP contribution < -0.4 is 5.73 Å². The molecule has 0 aliphatic heterocycles. The minimum Gasteiger partial charge on any atom is -0.468 e. The van der Waals surface area contributed by atoms with Gasteiger partial charge in [0.15, 0.2) is 0 Å². The molecule has 0 aliphatic carbocycles. The van der Waals surface area contributed by atoms with Crippen LogP contribution in [0.25, 0.3) is 0 Å². The van der Waals surface area contributed by atoms with E-state index in [1.54, 1.807) is 12.3 Å². The standard InChI is InChI=1S/C15H19FN2O/c1-11(13-5-3-4-6-14(13)16)18(2)10-12-7-8-19-15(12)9-17/h3-8,11H,9-10,17H2,1-2H3. The first-order valence-corrected chi connectivity index (χ1v) is 6.33. The Morgan fingerprint density at radius 2 is 2.05 bits per heavy atom. The molecule has 0 radical (unpaired) electrons. The third-order valence-electron chi connectivity index (χ3n) is 3.46. The van der Waals surface area contributed by atoms with Crippen LogP contribution in [0.5, 0.6) is 0 Å². The molecule has 102 valence electrons. The molecule has 0 aliphatic rings. The van der Waals surface area contributed by atoms with Crippen molar-refractivity contribution in [2.75, 3.05) is 7.05 Å². The van der Waals surface area contributed by atoms with Gasteiger partial charge in [-0.1, -0.05) is 18.2 Å². The lowest BCUT2D eigenvalue weighted by Gasteiger charge is -2.25. The summed E-state index contributed by atoms with van der Waals surface area (Å²) in [5, 5.41) is 0. The fraction of sp³-hybridized carbons (Fsp3) is 0.333. The Hall–Kier alpha value is -1.65. The van der Waals surface area contributed by atoms with Crippen LogP contribution in [0.4, 0.5) is 4.39 Å². The van der Waals surface area contributed by atoms with E-state index in [0.717, 1.165) is 11.3 Å². The Morgan fingerprint density at radius 3 is 2.74 bits per heavy atom. The van der Waals surface area contributed by atoms with Crippen molar-refractivity contribution in [1.82, 2.24) is 4.90 Å². The Labute approximate surface area is 112 Å². The van der Waals surface area contributed by atoms with Crippen molar-refractivity contribution in [1.29, 1.82) is 0 Å². The van der Waals surface area contributed by atoms with Gasteiger partial charge in [-0.25, -0.2) is 4.39 Å². The molecule has 1 aromatic carbocycles. The maximum absolute atomic E-state index is 13.8. The molecular formula is C15H19FN2O. The lowest BCUT2D eigenvalue weighted by molar-refractivity contribution is 0.246. The number of halogens is 1. The Balaban J connectivity index is 2.12. The molecule has 2 aromatic rings. The van der Waals surface area contributed by atoms with Gasteiger partial charge in [0.05, 0.1) is 12.8 Å². The van der Waals surface area contributed by atoms with E-state index in [4.69, 9.17) is 10.2 Å². The first-order valence-electron chi connectivity index (χ1n) is 6.33. The zero-order valence-corrected chi connectivity index (χ0v) is 11.3. The van der Waals surface area contributed by atoms with Crippen LogP contribution >= 0.6 is 0 Å². The van der Waals surface area contributed by atoms with Gasteiger partial charge in [-0.2, -0.15) is 0 Å². The Bertz CT molecular complexity index is 538. The number of nitrogens with two attached hydrogens (primary N) is 1. The highest BCUT2D eigenvalue weighted by molar-refractivity contribution is 5.22. The van der Waals surface area contributed by atoms with Crippen LogP contribution in [0.2, 0.25) is 0 Å². The Kier molecular flexibility index (Phi) is 4.35. The van der Waals surface area contributed by atoms with E-state index in [-0.39, 0.29) is 11.9 Å². The van der Waals surface area contributed by atoms with Gasteiger partial charge in [-0.3, -0.25) is 4.90 Å². The molecule has 0 spiro atoms. The second kappa shape index (κ2) is 5.99. The van der Waals surface area contributed by atoms with Gasteiger partial charge in [-0.05, 0) is 26.1 Å². The molecule has 0 saturated carbocycles. The number of furan rings is 1. The molecule has 1 aromatic heterocycles. The summed E-state index contributed by atoms with van der Waals surface area (Å²) in [5.74, 6) is 0.612. The maximum Gasteiger partial charge on any atom is 0.127 e. The number of benzene rings is 1. The van der Waals surface area contributed by atoms with E-state index in [0.29, 0.717) is 18.7 Å². The fourth-order valence-corrected chi connectivity index (χ4v) is 2.14. The molecule has 2 N–H and O–H groups in total. The average Bonchev–Trinajstić information content (AvgIpc) is 2.85. The predicted octanol–water partition coefficient (Wildman–Crippen LogP) is 3.07. The molecule has 0 fully saturated rings. The van der Waals surface area contributed by atoms with Crippen molar-refractivity contribution in [3.8, 4) is 0 Å². The lowest BCUT2D eigenvalue weighted by Crippen LogP contribution is -2.23. The van der Waals surface area contributed by atoms with Gasteiger partial charge in [0.2, 0.25) is 0 Å². The second-order valence-electron chi connectivity index (χ2n) is 4.69. The van der Waals surface area contributed by atoms with E-state index in [1.165, 1.54) is 6.07 Å². The SMILES string of the molecule is CC(c1ccccc1F)N(C)Cc1ccoc1CN. The molecule has 2 rings (SSSR count). The molecule has 0 bridgehead atoms. The molecule has 1 unspecified atom stereocenters. The quantitative estimate of drug-likeness (QED) is 0.900. The van der Waals surface area contributed by atoms with Gasteiger partial charge >= 0.3 is 0 Å². The summed E-state index contributed by atoms with van der Waals surface area (Å²) in [6.07, 6.45) is 1.64. The highest BCUT2D eigenvalue weighted by atomic mass is 19.1. The smallest absolute Gasteiger partial charge is 0.127 e. The average molecular weight is 262 g/mol. The lowest BCUT2D eigenvalue weighted by atomic mass is 10.1. The minimum absolute atomic E-state index is 0.0123.